The minimum absolute atomic E-state index is 0.474. The summed E-state index contributed by atoms with van der Waals surface area (Å²) < 4.78 is 11.4. The Bertz CT molecular complexity index is 373. The van der Waals surface area contributed by atoms with Crippen LogP contribution in [0.25, 0.3) is 0 Å². The number of nitrogen functional groups attached to an aromatic ring is 1. The lowest BCUT2D eigenvalue weighted by Crippen LogP contribution is -2.37. The van der Waals surface area contributed by atoms with Crippen molar-refractivity contribution in [3.05, 3.63) is 24.3 Å². The monoisotopic (exact) mass is 278 g/mol. The summed E-state index contributed by atoms with van der Waals surface area (Å²) in [5, 5.41) is 0. The Morgan fingerprint density at radius 1 is 1.20 bits per heavy atom. The van der Waals surface area contributed by atoms with Crippen molar-refractivity contribution >= 4 is 5.69 Å². The van der Waals surface area contributed by atoms with Gasteiger partial charge in [0.2, 0.25) is 0 Å². The molecule has 1 aromatic rings. The first-order valence-electron chi connectivity index (χ1n) is 7.60. The zero-order valence-electron chi connectivity index (χ0n) is 12.4. The van der Waals surface area contributed by atoms with Crippen molar-refractivity contribution in [1.29, 1.82) is 0 Å². The highest BCUT2D eigenvalue weighted by Crippen LogP contribution is 2.15. The molecule has 1 saturated heterocycles. The van der Waals surface area contributed by atoms with Crippen molar-refractivity contribution in [1.82, 2.24) is 4.90 Å². The van der Waals surface area contributed by atoms with E-state index in [0.717, 1.165) is 63.5 Å². The third kappa shape index (κ3) is 5.02. The molecular weight excluding hydrogens is 252 g/mol. The van der Waals surface area contributed by atoms with Crippen molar-refractivity contribution < 1.29 is 9.47 Å². The lowest BCUT2D eigenvalue weighted by Gasteiger charge is -2.31. The first kappa shape index (κ1) is 15.1. The van der Waals surface area contributed by atoms with Crippen molar-refractivity contribution in [3.63, 3.8) is 0 Å². The van der Waals surface area contributed by atoms with Crippen LogP contribution in [-0.2, 0) is 4.74 Å². The number of likely N-dealkylation sites (tertiary alicyclic amines) is 1. The molecule has 0 aromatic heterocycles. The average Bonchev–Trinajstić information content (AvgIpc) is 2.47. The van der Waals surface area contributed by atoms with Gasteiger partial charge in [-0.1, -0.05) is 0 Å². The summed E-state index contributed by atoms with van der Waals surface area (Å²) in [5.74, 6) is 0.897. The maximum atomic E-state index is 5.70. The fourth-order valence-electron chi connectivity index (χ4n) is 2.58. The van der Waals surface area contributed by atoms with Crippen LogP contribution in [0.2, 0.25) is 0 Å². The molecule has 20 heavy (non-hydrogen) atoms. The molecule has 0 bridgehead atoms. The molecular formula is C16H26N2O2. The standard InChI is InChI=1S/C16H26N2O2/c1-2-19-16-8-11-18(12-9-16)10-3-13-20-15-6-4-14(17)5-7-15/h4-7,16H,2-3,8-13,17H2,1H3. The van der Waals surface area contributed by atoms with Crippen LogP contribution in [0.15, 0.2) is 24.3 Å². The summed E-state index contributed by atoms with van der Waals surface area (Å²) in [5.41, 5.74) is 6.41. The second-order valence-corrected chi connectivity index (χ2v) is 5.27. The van der Waals surface area contributed by atoms with Crippen LogP contribution in [0.1, 0.15) is 26.2 Å². The van der Waals surface area contributed by atoms with Crippen molar-refractivity contribution in [2.75, 3.05) is 38.6 Å². The normalized spacial score (nSPS) is 17.2. The highest BCUT2D eigenvalue weighted by molar-refractivity contribution is 5.41. The Morgan fingerprint density at radius 2 is 1.90 bits per heavy atom. The zero-order valence-corrected chi connectivity index (χ0v) is 12.4. The maximum absolute atomic E-state index is 5.70. The largest absolute Gasteiger partial charge is 0.494 e. The van der Waals surface area contributed by atoms with Crippen LogP contribution in [0.4, 0.5) is 5.69 Å². The maximum Gasteiger partial charge on any atom is 0.119 e. The van der Waals surface area contributed by atoms with Gasteiger partial charge in [-0.2, -0.15) is 0 Å². The lowest BCUT2D eigenvalue weighted by molar-refractivity contribution is 0.0135. The third-order valence-electron chi connectivity index (χ3n) is 3.70. The first-order chi connectivity index (χ1) is 9.78. The third-order valence-corrected chi connectivity index (χ3v) is 3.70. The van der Waals surface area contributed by atoms with Gasteiger partial charge in [0.15, 0.2) is 0 Å². The smallest absolute Gasteiger partial charge is 0.119 e. The summed E-state index contributed by atoms with van der Waals surface area (Å²) in [6.07, 6.45) is 3.85. The molecule has 0 saturated carbocycles. The molecule has 112 valence electrons. The van der Waals surface area contributed by atoms with Gasteiger partial charge >= 0.3 is 0 Å². The topological polar surface area (TPSA) is 47.7 Å². The van der Waals surface area contributed by atoms with E-state index in [0.29, 0.717) is 6.10 Å². The predicted molar refractivity (Wildman–Crippen MR) is 82.1 cm³/mol. The van der Waals surface area contributed by atoms with E-state index >= 15 is 0 Å². The number of nitrogens with zero attached hydrogens (tertiary/aromatic N) is 1. The van der Waals surface area contributed by atoms with Crippen molar-refractivity contribution in [3.8, 4) is 5.75 Å². The van der Waals surface area contributed by atoms with Crippen LogP contribution in [0.3, 0.4) is 0 Å². The van der Waals surface area contributed by atoms with Gasteiger partial charge in [-0.3, -0.25) is 0 Å². The summed E-state index contributed by atoms with van der Waals surface area (Å²) in [6.45, 7) is 7.06. The molecule has 4 heteroatoms. The zero-order chi connectivity index (χ0) is 14.2. The van der Waals surface area contributed by atoms with E-state index in [1.165, 1.54) is 0 Å². The number of benzene rings is 1. The van der Waals surface area contributed by atoms with Gasteiger partial charge in [0.25, 0.3) is 0 Å². The number of ether oxygens (including phenoxy) is 2. The number of hydrogen-bond donors (Lipinski definition) is 1. The van der Waals surface area contributed by atoms with Crippen molar-refractivity contribution in [2.24, 2.45) is 0 Å². The number of anilines is 1. The van der Waals surface area contributed by atoms with Crippen LogP contribution in [0, 0.1) is 0 Å². The van der Waals surface area contributed by atoms with Crippen molar-refractivity contribution in [2.45, 2.75) is 32.3 Å². The van der Waals surface area contributed by atoms with E-state index in [1.807, 2.05) is 24.3 Å². The van der Waals surface area contributed by atoms with Gasteiger partial charge < -0.3 is 20.1 Å². The number of piperidine rings is 1. The minimum atomic E-state index is 0.474. The highest BCUT2D eigenvalue weighted by atomic mass is 16.5. The fraction of sp³-hybridized carbons (Fsp3) is 0.625. The van der Waals surface area contributed by atoms with Crippen LogP contribution in [-0.4, -0.2) is 43.9 Å². The molecule has 1 aliphatic rings. The molecule has 1 fully saturated rings. The van der Waals surface area contributed by atoms with Gasteiger partial charge in [-0.25, -0.2) is 0 Å². The van der Waals surface area contributed by atoms with E-state index < -0.39 is 0 Å². The van der Waals surface area contributed by atoms with Gasteiger partial charge in [0.05, 0.1) is 12.7 Å². The van der Waals surface area contributed by atoms with Crippen LogP contribution in [0.5, 0.6) is 5.75 Å². The second kappa shape index (κ2) is 8.12. The molecule has 1 aromatic carbocycles. The molecule has 2 rings (SSSR count). The highest BCUT2D eigenvalue weighted by Gasteiger charge is 2.18. The van der Waals surface area contributed by atoms with E-state index in [2.05, 4.69) is 11.8 Å². The quantitative estimate of drug-likeness (QED) is 0.615. The van der Waals surface area contributed by atoms with E-state index in [1.54, 1.807) is 0 Å². The molecule has 4 nitrogen and oxygen atoms in total. The average molecular weight is 278 g/mol. The lowest BCUT2D eigenvalue weighted by atomic mass is 10.1. The van der Waals surface area contributed by atoms with Gasteiger partial charge in [0, 0.05) is 31.9 Å². The predicted octanol–water partition coefficient (Wildman–Crippen LogP) is 2.54. The number of rotatable bonds is 7. The SMILES string of the molecule is CCOC1CCN(CCCOc2ccc(N)cc2)CC1. The second-order valence-electron chi connectivity index (χ2n) is 5.27. The summed E-state index contributed by atoms with van der Waals surface area (Å²) in [7, 11) is 0. The van der Waals surface area contributed by atoms with Crippen LogP contribution < -0.4 is 10.5 Å². The number of nitrogens with two attached hydrogens (primary N) is 1. The van der Waals surface area contributed by atoms with Gasteiger partial charge in [-0.15, -0.1) is 0 Å². The van der Waals surface area contributed by atoms with Crippen LogP contribution >= 0.6 is 0 Å². The summed E-state index contributed by atoms with van der Waals surface area (Å²) in [6, 6.07) is 7.58. The van der Waals surface area contributed by atoms with E-state index in [4.69, 9.17) is 15.2 Å². The molecule has 0 amide bonds. The molecule has 1 heterocycles. The Balaban J connectivity index is 1.56. The first-order valence-corrected chi connectivity index (χ1v) is 7.60. The van der Waals surface area contributed by atoms with E-state index in [-0.39, 0.29) is 0 Å². The summed E-state index contributed by atoms with van der Waals surface area (Å²) in [4.78, 5) is 2.50. The molecule has 0 atom stereocenters. The molecule has 0 spiro atoms. The fourth-order valence-corrected chi connectivity index (χ4v) is 2.58. The number of hydrogen-bond acceptors (Lipinski definition) is 4. The van der Waals surface area contributed by atoms with Gasteiger partial charge in [0.1, 0.15) is 5.75 Å². The molecule has 0 unspecified atom stereocenters. The Kier molecular flexibility index (Phi) is 6.15. The Labute approximate surface area is 121 Å². The Morgan fingerprint density at radius 3 is 2.55 bits per heavy atom. The molecule has 1 aliphatic heterocycles. The van der Waals surface area contributed by atoms with E-state index in [9.17, 15) is 0 Å². The van der Waals surface area contributed by atoms with Gasteiger partial charge in [-0.05, 0) is 50.5 Å². The Hall–Kier alpha value is -1.26. The molecule has 0 aliphatic carbocycles. The molecule has 2 N–H and O–H groups in total. The molecule has 0 radical (unpaired) electrons. The summed E-state index contributed by atoms with van der Waals surface area (Å²) >= 11 is 0. The minimum Gasteiger partial charge on any atom is -0.494 e.